The minimum Gasteiger partial charge on any atom is -0.461 e. The summed E-state index contributed by atoms with van der Waals surface area (Å²) in [6.07, 6.45) is 0. The van der Waals surface area contributed by atoms with E-state index in [1.807, 2.05) is 0 Å². The van der Waals surface area contributed by atoms with Gasteiger partial charge in [-0.3, -0.25) is 0 Å². The van der Waals surface area contributed by atoms with Crippen LogP contribution >= 0.6 is 15.9 Å². The molecule has 0 radical (unpaired) electrons. The van der Waals surface area contributed by atoms with Gasteiger partial charge in [0.1, 0.15) is 5.52 Å². The van der Waals surface area contributed by atoms with Gasteiger partial charge in [0, 0.05) is 9.86 Å². The van der Waals surface area contributed by atoms with E-state index in [2.05, 4.69) is 31.2 Å². The quantitative estimate of drug-likeness (QED) is 0.716. The van der Waals surface area contributed by atoms with Crippen LogP contribution in [0.4, 0.5) is 0 Å². The first-order valence-electron chi connectivity index (χ1n) is 5.85. The molecule has 0 aliphatic heterocycles. The topological polar surface area (TPSA) is 89.4 Å². The number of rotatable bonds is 2. The average Bonchev–Trinajstić information content (AvgIpc) is 2.86. The minimum absolute atomic E-state index is 0.0643. The Morgan fingerprint density at radius 3 is 3.05 bits per heavy atom. The molecule has 0 atom stereocenters. The molecule has 102 valence electrons. The number of hydrogen-bond donors (Lipinski definition) is 1. The summed E-state index contributed by atoms with van der Waals surface area (Å²) in [5, 5.41) is 6.98. The monoisotopic (exact) mass is 336 g/mol. The molecule has 20 heavy (non-hydrogen) atoms. The van der Waals surface area contributed by atoms with Gasteiger partial charge >= 0.3 is 11.7 Å². The summed E-state index contributed by atoms with van der Waals surface area (Å²) in [7, 11) is 0. The maximum absolute atomic E-state index is 11.9. The van der Waals surface area contributed by atoms with Crippen LogP contribution in [0.5, 0.6) is 0 Å². The highest BCUT2D eigenvalue weighted by molar-refractivity contribution is 9.10. The fourth-order valence-corrected chi connectivity index (χ4v) is 2.35. The molecule has 0 amide bonds. The number of hydrogen-bond acceptors (Lipinski definition) is 5. The highest BCUT2D eigenvalue weighted by atomic mass is 79.9. The van der Waals surface area contributed by atoms with Crippen LogP contribution in [0.1, 0.15) is 17.4 Å². The number of carbonyl (C=O) groups is 1. The molecule has 7 nitrogen and oxygen atoms in total. The summed E-state index contributed by atoms with van der Waals surface area (Å²) in [5.41, 5.74) is 0.386. The Morgan fingerprint density at radius 2 is 2.30 bits per heavy atom. The molecular formula is C12H9BrN4O3. The number of ether oxygens (including phenoxy) is 1. The van der Waals surface area contributed by atoms with Gasteiger partial charge in [-0.2, -0.15) is 9.50 Å². The van der Waals surface area contributed by atoms with E-state index in [0.717, 1.165) is 8.99 Å². The van der Waals surface area contributed by atoms with Gasteiger partial charge in [0.05, 0.1) is 12.1 Å². The van der Waals surface area contributed by atoms with Crippen LogP contribution in [0.3, 0.4) is 0 Å². The number of fused-ring (bicyclic) bond motifs is 3. The molecule has 3 aromatic rings. The molecule has 0 aliphatic rings. The summed E-state index contributed by atoms with van der Waals surface area (Å²) in [4.78, 5) is 27.7. The smallest absolute Gasteiger partial charge is 0.368 e. The first kappa shape index (κ1) is 12.8. The summed E-state index contributed by atoms with van der Waals surface area (Å²) in [6, 6.07) is 5.24. The zero-order valence-corrected chi connectivity index (χ0v) is 12.0. The molecule has 0 saturated carbocycles. The maximum atomic E-state index is 11.9. The van der Waals surface area contributed by atoms with Crippen LogP contribution < -0.4 is 5.69 Å². The normalized spacial score (nSPS) is 11.1. The molecule has 0 bridgehead atoms. The fraction of sp³-hybridized carbons (Fsp3) is 0.167. The summed E-state index contributed by atoms with van der Waals surface area (Å²) < 4.78 is 6.88. The van der Waals surface area contributed by atoms with Crippen molar-refractivity contribution in [2.75, 3.05) is 6.61 Å². The lowest BCUT2D eigenvalue weighted by Crippen LogP contribution is -2.17. The maximum Gasteiger partial charge on any atom is 0.368 e. The number of aromatic nitrogens is 4. The number of nitrogens with zero attached hydrogens (tertiary/aromatic N) is 3. The van der Waals surface area contributed by atoms with Gasteiger partial charge in [-0.1, -0.05) is 15.9 Å². The standard InChI is InChI=1S/C12H9BrN4O3/c1-2-20-11(18)9-10-7-5-6(13)3-4-8(7)14-12(19)17(10)16-15-9/h3-5,16H,2H2,1H3. The second-order valence-electron chi connectivity index (χ2n) is 4.02. The molecular weight excluding hydrogens is 328 g/mol. The third kappa shape index (κ3) is 1.88. The van der Waals surface area contributed by atoms with Crippen molar-refractivity contribution in [3.63, 3.8) is 0 Å². The van der Waals surface area contributed by atoms with Crippen molar-refractivity contribution in [1.29, 1.82) is 0 Å². The van der Waals surface area contributed by atoms with Crippen LogP contribution in [0.2, 0.25) is 0 Å². The van der Waals surface area contributed by atoms with E-state index in [9.17, 15) is 9.59 Å². The zero-order valence-electron chi connectivity index (χ0n) is 10.4. The van der Waals surface area contributed by atoms with Crippen molar-refractivity contribution in [3.05, 3.63) is 38.9 Å². The highest BCUT2D eigenvalue weighted by Crippen LogP contribution is 2.23. The molecule has 8 heteroatoms. The molecule has 1 N–H and O–H groups in total. The first-order valence-corrected chi connectivity index (χ1v) is 6.64. The molecule has 0 fully saturated rings. The SMILES string of the molecule is CCOC(=O)c1n[nH]n2c(=O)nc3ccc(Br)cc3c12. The van der Waals surface area contributed by atoms with Crippen LogP contribution in [-0.2, 0) is 4.74 Å². The highest BCUT2D eigenvalue weighted by Gasteiger charge is 2.19. The average molecular weight is 337 g/mol. The first-order chi connectivity index (χ1) is 9.61. The van der Waals surface area contributed by atoms with E-state index in [0.29, 0.717) is 16.4 Å². The van der Waals surface area contributed by atoms with Crippen LogP contribution in [0, 0.1) is 0 Å². The number of carbonyl (C=O) groups excluding carboxylic acids is 1. The Bertz CT molecular complexity index is 883. The van der Waals surface area contributed by atoms with Crippen molar-refractivity contribution in [2.24, 2.45) is 0 Å². The molecule has 3 rings (SSSR count). The second kappa shape index (κ2) is 4.71. The van der Waals surface area contributed by atoms with E-state index in [1.165, 1.54) is 0 Å². The number of benzene rings is 1. The third-order valence-electron chi connectivity index (χ3n) is 2.80. The molecule has 2 aromatic heterocycles. The molecule has 2 heterocycles. The summed E-state index contributed by atoms with van der Waals surface area (Å²) in [5.74, 6) is -0.585. The lowest BCUT2D eigenvalue weighted by molar-refractivity contribution is 0.0522. The molecule has 0 aliphatic carbocycles. The lowest BCUT2D eigenvalue weighted by Gasteiger charge is -2.02. The summed E-state index contributed by atoms with van der Waals surface area (Å²) in [6.45, 7) is 1.93. The van der Waals surface area contributed by atoms with E-state index in [-0.39, 0.29) is 12.3 Å². The lowest BCUT2D eigenvalue weighted by atomic mass is 10.2. The van der Waals surface area contributed by atoms with Gasteiger partial charge in [-0.15, -0.1) is 5.10 Å². The van der Waals surface area contributed by atoms with Gasteiger partial charge in [0.2, 0.25) is 0 Å². The Hall–Kier alpha value is -2.22. The van der Waals surface area contributed by atoms with Crippen molar-refractivity contribution in [2.45, 2.75) is 6.92 Å². The van der Waals surface area contributed by atoms with Crippen molar-refractivity contribution in [1.82, 2.24) is 19.8 Å². The van der Waals surface area contributed by atoms with Gasteiger partial charge < -0.3 is 4.74 Å². The van der Waals surface area contributed by atoms with E-state index in [1.54, 1.807) is 25.1 Å². The number of nitrogens with one attached hydrogen (secondary N) is 1. The fourth-order valence-electron chi connectivity index (χ4n) is 1.99. The minimum atomic E-state index is -0.585. The van der Waals surface area contributed by atoms with Crippen LogP contribution in [-0.4, -0.2) is 32.4 Å². The van der Waals surface area contributed by atoms with Crippen molar-refractivity contribution >= 4 is 38.3 Å². The van der Waals surface area contributed by atoms with Gasteiger partial charge in [0.25, 0.3) is 0 Å². The Morgan fingerprint density at radius 1 is 1.50 bits per heavy atom. The molecule has 1 aromatic carbocycles. The summed E-state index contributed by atoms with van der Waals surface area (Å²) >= 11 is 3.36. The number of H-pyrrole nitrogens is 1. The third-order valence-corrected chi connectivity index (χ3v) is 3.29. The number of esters is 1. The van der Waals surface area contributed by atoms with E-state index < -0.39 is 11.7 Å². The van der Waals surface area contributed by atoms with Gasteiger partial charge in [0.15, 0.2) is 5.69 Å². The number of halogens is 1. The Balaban J connectivity index is 2.44. The predicted molar refractivity (Wildman–Crippen MR) is 74.8 cm³/mol. The van der Waals surface area contributed by atoms with Gasteiger partial charge in [-0.25, -0.2) is 14.8 Å². The van der Waals surface area contributed by atoms with Gasteiger partial charge in [-0.05, 0) is 25.1 Å². The number of aromatic amines is 1. The van der Waals surface area contributed by atoms with Crippen molar-refractivity contribution < 1.29 is 9.53 Å². The van der Waals surface area contributed by atoms with Crippen LogP contribution in [0.25, 0.3) is 16.4 Å². The van der Waals surface area contributed by atoms with Crippen LogP contribution in [0.15, 0.2) is 27.5 Å². The largest absolute Gasteiger partial charge is 0.461 e. The predicted octanol–water partition coefficient (Wildman–Crippen LogP) is 1.51. The second-order valence-corrected chi connectivity index (χ2v) is 4.94. The molecule has 0 unspecified atom stereocenters. The zero-order chi connectivity index (χ0) is 14.3. The van der Waals surface area contributed by atoms with Crippen molar-refractivity contribution in [3.8, 4) is 0 Å². The van der Waals surface area contributed by atoms with E-state index in [4.69, 9.17) is 4.74 Å². The molecule has 0 spiro atoms. The Labute approximate surface area is 120 Å². The Kier molecular flexibility index (Phi) is 3.01. The van der Waals surface area contributed by atoms with E-state index >= 15 is 0 Å². The molecule has 0 saturated heterocycles.